The molecule has 128 heavy (non-hydrogen) atoms. The van der Waals surface area contributed by atoms with E-state index in [2.05, 4.69) is 395 Å². The first-order chi connectivity index (χ1) is 62.5. The second-order valence-corrected chi connectivity index (χ2v) is 31.2. The zero-order valence-corrected chi connectivity index (χ0v) is 73.6. The zero-order valence-electron chi connectivity index (χ0n) is 68.8. The maximum absolute atomic E-state index is 5.20. The SMILES string of the molecule is [Ir+3].[Ir+3].[c-]1cc(-c2ccccc2-c2cc(-c3ccccc3-c3c[c-]c(-c4ccccn4)cc3)cc(-c3ccccc3-c3c[c-]c(-c4[c-]cc(-c5ccccc5-c5cc(-c6ccccc6-c6c[c-]c(-c7nc8ccccc8n7-c7ccccc7)cc6)cc(-c6ccccc6-c6c[c-]c(-c7nc8ccccc8n7-c7ccccc7)cc6)c5)cn4)nc3)c2)ccc1-c1ccccn1. The monoisotopic (exact) mass is 1990 g/mol. The molecule has 0 N–H and O–H groups in total. The molecular weight excluding hydrogens is 1910 g/mol. The topological polar surface area (TPSA) is 87.2 Å². The molecule has 0 amide bonds. The fraction of sp³-hybridized carbons (Fsp3) is 0. The Labute approximate surface area is 770 Å². The standard InChI is InChI=1S/C118H72N8.2Ir/c1-3-27-95(28-4-1)125-115-47-21-19-45-113(115)123-117(125)85-61-53-81(54-62-85)99-33-9-15-39-105(99)91-72-92(106-40-16-10-34-100(106)82-55-63-86(64-56-82)118-124-114-46-20-22-48-116(114)126(118)96-29-5-2-6-30-96)76-94(75-91)108-42-18-12-36-102(108)88-66-68-112(122-78-88)111-67-65-87(77-121-111)101-35-11-17-41-107(101)93-73-89(103-37-13-7-31-97(103)79-49-57-83(58-50-79)109-43-23-25-69-119-109)71-90(74-93)104-38-14-8-32-98(104)80-51-59-84(60-52-80)110-44-24-26-70-120-110;;/h1-57,59,61,63,65-66,69-78H;;/q-6;2*+3. The van der Waals surface area contributed by atoms with Crippen molar-refractivity contribution in [3.63, 3.8) is 0 Å². The Morgan fingerprint density at radius 2 is 0.445 bits per heavy atom. The molecule has 6 heterocycles. The van der Waals surface area contributed by atoms with Crippen LogP contribution in [0.1, 0.15) is 0 Å². The molecule has 8 nitrogen and oxygen atoms in total. The van der Waals surface area contributed by atoms with E-state index in [-0.39, 0.29) is 40.2 Å². The van der Waals surface area contributed by atoms with Crippen molar-refractivity contribution in [3.8, 4) is 202 Å². The third kappa shape index (κ3) is 15.9. The van der Waals surface area contributed by atoms with Crippen LogP contribution in [0.2, 0.25) is 0 Å². The second kappa shape index (κ2) is 35.9. The molecule has 0 aliphatic heterocycles. The van der Waals surface area contributed by atoms with Gasteiger partial charge in [-0.15, -0.1) is 131 Å². The van der Waals surface area contributed by atoms with Crippen LogP contribution >= 0.6 is 0 Å². The van der Waals surface area contributed by atoms with Crippen LogP contribution < -0.4 is 0 Å². The fourth-order valence-corrected chi connectivity index (χ4v) is 17.5. The molecular formula is C118H72Ir2N8. The van der Waals surface area contributed by atoms with Crippen molar-refractivity contribution < 1.29 is 40.2 Å². The van der Waals surface area contributed by atoms with E-state index in [1.807, 2.05) is 97.6 Å². The molecule has 0 radical (unpaired) electrons. The van der Waals surface area contributed by atoms with Crippen molar-refractivity contribution in [1.29, 1.82) is 0 Å². The summed E-state index contributed by atoms with van der Waals surface area (Å²) in [6, 6.07) is 167. The Hall–Kier alpha value is -15.6. The number of pyridine rings is 4. The van der Waals surface area contributed by atoms with Crippen LogP contribution in [0.15, 0.2) is 437 Å². The molecule has 6 aromatic heterocycles. The average Bonchev–Trinajstić information content (AvgIpc) is 1.36. The molecule has 0 saturated heterocycles. The van der Waals surface area contributed by atoms with Crippen LogP contribution in [0.5, 0.6) is 0 Å². The summed E-state index contributed by atoms with van der Waals surface area (Å²) in [6.07, 6.45) is 7.51. The smallest absolute Gasteiger partial charge is 0.357 e. The van der Waals surface area contributed by atoms with Crippen LogP contribution in [0.3, 0.4) is 0 Å². The number of imidazole rings is 2. The van der Waals surface area contributed by atoms with Gasteiger partial charge in [-0.25, -0.2) is 12.1 Å². The van der Waals surface area contributed by atoms with Crippen molar-refractivity contribution in [2.45, 2.75) is 0 Å². The summed E-state index contributed by atoms with van der Waals surface area (Å²) in [6.45, 7) is 0. The normalized spacial score (nSPS) is 11.2. The molecule has 0 atom stereocenters. The first-order valence-corrected chi connectivity index (χ1v) is 42.1. The first-order valence-electron chi connectivity index (χ1n) is 42.1. The molecule has 22 rings (SSSR count). The molecule has 0 bridgehead atoms. The van der Waals surface area contributed by atoms with Gasteiger partial charge in [-0.1, -0.05) is 297 Å². The van der Waals surface area contributed by atoms with E-state index in [4.69, 9.17) is 19.9 Å². The minimum atomic E-state index is 0. The first kappa shape index (κ1) is 80.7. The van der Waals surface area contributed by atoms with Gasteiger partial charge in [0.2, 0.25) is 0 Å². The van der Waals surface area contributed by atoms with Gasteiger partial charge in [0.25, 0.3) is 0 Å². The number of nitrogens with zero attached hydrogens (tertiary/aromatic N) is 8. The molecule has 0 saturated carbocycles. The van der Waals surface area contributed by atoms with Crippen LogP contribution in [-0.2, 0) is 40.2 Å². The van der Waals surface area contributed by atoms with Crippen molar-refractivity contribution in [2.24, 2.45) is 0 Å². The number of para-hydroxylation sites is 6. The third-order valence-electron chi connectivity index (χ3n) is 23.5. The molecule has 0 aliphatic carbocycles. The molecule has 16 aromatic carbocycles. The number of fused-ring (bicyclic) bond motifs is 2. The fourth-order valence-electron chi connectivity index (χ4n) is 17.5. The van der Waals surface area contributed by atoms with E-state index in [0.29, 0.717) is 11.4 Å². The maximum atomic E-state index is 5.20. The van der Waals surface area contributed by atoms with Gasteiger partial charge in [0.15, 0.2) is 0 Å². The zero-order chi connectivity index (χ0) is 83.6. The molecule has 0 aliphatic rings. The summed E-state index contributed by atoms with van der Waals surface area (Å²) < 4.78 is 4.44. The van der Waals surface area contributed by atoms with E-state index in [0.717, 1.165) is 212 Å². The Balaban J connectivity index is 0.00000514. The second-order valence-electron chi connectivity index (χ2n) is 31.2. The van der Waals surface area contributed by atoms with Gasteiger partial charge in [-0.05, 0) is 188 Å². The molecule has 0 spiro atoms. The predicted octanol–water partition coefficient (Wildman–Crippen LogP) is 29.1. The van der Waals surface area contributed by atoms with E-state index in [1.165, 1.54) is 0 Å². The van der Waals surface area contributed by atoms with Gasteiger partial charge in [-0.2, -0.15) is 12.1 Å². The van der Waals surface area contributed by atoms with E-state index in [9.17, 15) is 0 Å². The summed E-state index contributed by atoms with van der Waals surface area (Å²) >= 11 is 0. The van der Waals surface area contributed by atoms with Crippen molar-refractivity contribution in [2.75, 3.05) is 0 Å². The Bertz CT molecular complexity index is 7390. The molecule has 10 heteroatoms. The quantitative estimate of drug-likeness (QED) is 0.0750. The summed E-state index contributed by atoms with van der Waals surface area (Å²) in [4.78, 5) is 29.9. The van der Waals surface area contributed by atoms with Gasteiger partial charge in [0.05, 0.1) is 33.7 Å². The number of hydrogen-bond acceptors (Lipinski definition) is 6. The Morgan fingerprint density at radius 3 is 0.711 bits per heavy atom. The molecule has 22 aromatic rings. The summed E-state index contributed by atoms with van der Waals surface area (Å²) in [5, 5.41) is 0. The van der Waals surface area contributed by atoms with Gasteiger partial charge < -0.3 is 29.1 Å². The Morgan fingerprint density at radius 1 is 0.195 bits per heavy atom. The van der Waals surface area contributed by atoms with Gasteiger partial charge in [0, 0.05) is 23.8 Å². The Kier molecular flexibility index (Phi) is 22.6. The summed E-state index contributed by atoms with van der Waals surface area (Å²) in [7, 11) is 0. The third-order valence-corrected chi connectivity index (χ3v) is 23.5. The minimum absolute atomic E-state index is 0. The molecule has 0 unspecified atom stereocenters. The minimum Gasteiger partial charge on any atom is -0.357 e. The molecule has 602 valence electrons. The number of rotatable bonds is 19. The van der Waals surface area contributed by atoms with Gasteiger partial charge >= 0.3 is 40.2 Å². The van der Waals surface area contributed by atoms with Crippen molar-refractivity contribution in [3.05, 3.63) is 474 Å². The van der Waals surface area contributed by atoms with Gasteiger partial charge in [-0.3, -0.25) is 9.97 Å². The summed E-state index contributed by atoms with van der Waals surface area (Å²) in [5.74, 6) is 1.65. The predicted molar refractivity (Wildman–Crippen MR) is 512 cm³/mol. The average molecular weight is 1990 g/mol. The van der Waals surface area contributed by atoms with Gasteiger partial charge in [0.1, 0.15) is 0 Å². The number of benzene rings is 16. The van der Waals surface area contributed by atoms with Crippen LogP contribution in [-0.4, -0.2) is 39.0 Å². The summed E-state index contributed by atoms with van der Waals surface area (Å²) in [5.41, 5.74) is 37.5. The van der Waals surface area contributed by atoms with Crippen LogP contribution in [0, 0.1) is 36.4 Å². The van der Waals surface area contributed by atoms with E-state index < -0.39 is 0 Å². The van der Waals surface area contributed by atoms with E-state index >= 15 is 0 Å². The van der Waals surface area contributed by atoms with E-state index in [1.54, 1.807) is 0 Å². The molecule has 0 fully saturated rings. The van der Waals surface area contributed by atoms with Crippen LogP contribution in [0.4, 0.5) is 0 Å². The number of hydrogen-bond donors (Lipinski definition) is 0. The van der Waals surface area contributed by atoms with Crippen molar-refractivity contribution >= 4 is 22.1 Å². The largest absolute Gasteiger partial charge is 3.00 e. The van der Waals surface area contributed by atoms with Crippen molar-refractivity contribution in [1.82, 2.24) is 39.0 Å². The number of aromatic nitrogens is 8. The van der Waals surface area contributed by atoms with Crippen LogP contribution in [0.25, 0.3) is 224 Å². The maximum Gasteiger partial charge on any atom is 3.00 e.